The van der Waals surface area contributed by atoms with E-state index in [1.807, 2.05) is 6.92 Å². The van der Waals surface area contributed by atoms with E-state index in [1.54, 1.807) is 7.11 Å². The first-order valence-corrected chi connectivity index (χ1v) is 6.76. The van der Waals surface area contributed by atoms with Crippen LogP contribution >= 0.6 is 0 Å². The molecule has 1 N–H and O–H groups in total. The number of halogens is 2. The summed E-state index contributed by atoms with van der Waals surface area (Å²) in [5.74, 6) is -1.05. The van der Waals surface area contributed by atoms with Crippen LogP contribution in [0.3, 0.4) is 0 Å². The Bertz CT molecular complexity index is 364. The highest BCUT2D eigenvalue weighted by Gasteiger charge is 2.14. The van der Waals surface area contributed by atoms with Gasteiger partial charge in [-0.05, 0) is 50.4 Å². The van der Waals surface area contributed by atoms with Crippen LogP contribution in [0.1, 0.15) is 32.3 Å². The number of hydrogen-bond donors (Lipinski definition) is 1. The number of rotatable bonds is 8. The molecule has 108 valence electrons. The maximum atomic E-state index is 13.2. The molecule has 1 aromatic rings. The van der Waals surface area contributed by atoms with Gasteiger partial charge < -0.3 is 10.1 Å². The van der Waals surface area contributed by atoms with Crippen molar-refractivity contribution in [1.29, 1.82) is 0 Å². The number of nitrogens with one attached hydrogen (secondary N) is 1. The van der Waals surface area contributed by atoms with Crippen molar-refractivity contribution in [3.8, 4) is 0 Å². The fourth-order valence-electron chi connectivity index (χ4n) is 2.10. The Labute approximate surface area is 114 Å². The van der Waals surface area contributed by atoms with Crippen molar-refractivity contribution >= 4 is 0 Å². The summed E-state index contributed by atoms with van der Waals surface area (Å²) in [6.07, 6.45) is 2.56. The third kappa shape index (κ3) is 6.12. The van der Waals surface area contributed by atoms with Crippen LogP contribution < -0.4 is 5.32 Å². The first-order valence-electron chi connectivity index (χ1n) is 6.76. The van der Waals surface area contributed by atoms with Crippen LogP contribution in [0.4, 0.5) is 8.78 Å². The van der Waals surface area contributed by atoms with Crippen molar-refractivity contribution in [2.75, 3.05) is 13.7 Å². The molecule has 0 radical (unpaired) electrons. The van der Waals surface area contributed by atoms with E-state index in [4.69, 9.17) is 4.74 Å². The Morgan fingerprint density at radius 1 is 1.21 bits per heavy atom. The fourth-order valence-corrected chi connectivity index (χ4v) is 2.10. The molecule has 0 amide bonds. The van der Waals surface area contributed by atoms with Gasteiger partial charge in [-0.1, -0.05) is 6.92 Å². The lowest BCUT2D eigenvalue weighted by atomic mass is 10.0. The monoisotopic (exact) mass is 271 g/mol. The van der Waals surface area contributed by atoms with Gasteiger partial charge in [0.2, 0.25) is 0 Å². The van der Waals surface area contributed by atoms with Gasteiger partial charge in [0.25, 0.3) is 0 Å². The van der Waals surface area contributed by atoms with Crippen LogP contribution in [-0.2, 0) is 11.2 Å². The van der Waals surface area contributed by atoms with E-state index in [1.165, 1.54) is 12.1 Å². The van der Waals surface area contributed by atoms with Crippen molar-refractivity contribution in [2.24, 2.45) is 0 Å². The van der Waals surface area contributed by atoms with Crippen LogP contribution in [0.5, 0.6) is 0 Å². The molecule has 1 rings (SSSR count). The second kappa shape index (κ2) is 8.23. The predicted octanol–water partition coefficient (Wildman–Crippen LogP) is 3.30. The van der Waals surface area contributed by atoms with Crippen molar-refractivity contribution in [3.63, 3.8) is 0 Å². The van der Waals surface area contributed by atoms with E-state index in [0.717, 1.165) is 25.5 Å². The van der Waals surface area contributed by atoms with Gasteiger partial charge in [-0.2, -0.15) is 0 Å². The maximum Gasteiger partial charge on any atom is 0.126 e. The first kappa shape index (κ1) is 16.1. The molecule has 2 atom stereocenters. The lowest BCUT2D eigenvalue weighted by molar-refractivity contribution is 0.100. The minimum Gasteiger partial charge on any atom is -0.382 e. The van der Waals surface area contributed by atoms with Crippen LogP contribution in [0.15, 0.2) is 18.2 Å². The summed E-state index contributed by atoms with van der Waals surface area (Å²) in [5, 5.41) is 3.40. The molecule has 0 saturated carbocycles. The molecular weight excluding hydrogens is 248 g/mol. The maximum absolute atomic E-state index is 13.2. The SMILES string of the molecule is CCCNC(Cc1cc(F)cc(F)c1)CC(C)OC. The Hall–Kier alpha value is -1.00. The third-order valence-corrected chi connectivity index (χ3v) is 3.11. The lowest BCUT2D eigenvalue weighted by Gasteiger charge is -2.21. The summed E-state index contributed by atoms with van der Waals surface area (Å²) in [6.45, 7) is 4.97. The normalized spacial score (nSPS) is 14.4. The molecule has 2 unspecified atom stereocenters. The minimum atomic E-state index is -0.524. The third-order valence-electron chi connectivity index (χ3n) is 3.11. The van der Waals surface area contributed by atoms with Gasteiger partial charge in [-0.3, -0.25) is 0 Å². The highest BCUT2D eigenvalue weighted by molar-refractivity contribution is 5.19. The van der Waals surface area contributed by atoms with Crippen LogP contribution in [0.25, 0.3) is 0 Å². The summed E-state index contributed by atoms with van der Waals surface area (Å²) in [5.41, 5.74) is 0.675. The summed E-state index contributed by atoms with van der Waals surface area (Å²) in [6, 6.07) is 3.84. The molecular formula is C15H23F2NO. The average Bonchev–Trinajstić information content (AvgIpc) is 2.34. The Morgan fingerprint density at radius 3 is 2.37 bits per heavy atom. The Morgan fingerprint density at radius 2 is 1.84 bits per heavy atom. The highest BCUT2D eigenvalue weighted by Crippen LogP contribution is 2.13. The Kier molecular flexibility index (Phi) is 6.95. The van der Waals surface area contributed by atoms with Gasteiger partial charge in [0.05, 0.1) is 6.10 Å². The smallest absolute Gasteiger partial charge is 0.126 e. The second-order valence-corrected chi connectivity index (χ2v) is 4.91. The minimum absolute atomic E-state index is 0.118. The molecule has 0 aromatic heterocycles. The fraction of sp³-hybridized carbons (Fsp3) is 0.600. The molecule has 0 saturated heterocycles. The van der Waals surface area contributed by atoms with Gasteiger partial charge >= 0.3 is 0 Å². The summed E-state index contributed by atoms with van der Waals surface area (Å²) >= 11 is 0. The van der Waals surface area contributed by atoms with Crippen LogP contribution in [0, 0.1) is 11.6 Å². The van der Waals surface area contributed by atoms with E-state index >= 15 is 0 Å². The Balaban J connectivity index is 2.69. The molecule has 4 heteroatoms. The molecule has 0 aliphatic rings. The van der Waals surface area contributed by atoms with E-state index in [-0.39, 0.29) is 12.1 Å². The molecule has 0 spiro atoms. The zero-order valence-corrected chi connectivity index (χ0v) is 11.9. The van der Waals surface area contributed by atoms with Gasteiger partial charge in [-0.15, -0.1) is 0 Å². The van der Waals surface area contributed by atoms with Gasteiger partial charge in [-0.25, -0.2) is 8.78 Å². The van der Waals surface area contributed by atoms with Crippen molar-refractivity contribution in [1.82, 2.24) is 5.32 Å². The molecule has 2 nitrogen and oxygen atoms in total. The summed E-state index contributed by atoms with van der Waals surface area (Å²) in [7, 11) is 1.67. The molecule has 0 heterocycles. The van der Waals surface area contributed by atoms with Crippen LogP contribution in [-0.4, -0.2) is 25.8 Å². The first-order chi connectivity index (χ1) is 9.05. The zero-order chi connectivity index (χ0) is 14.3. The molecule has 0 bridgehead atoms. The van der Waals surface area contributed by atoms with Crippen molar-refractivity contribution < 1.29 is 13.5 Å². The van der Waals surface area contributed by atoms with E-state index in [2.05, 4.69) is 12.2 Å². The van der Waals surface area contributed by atoms with E-state index < -0.39 is 11.6 Å². The average molecular weight is 271 g/mol. The topological polar surface area (TPSA) is 21.3 Å². The van der Waals surface area contributed by atoms with E-state index in [0.29, 0.717) is 12.0 Å². The summed E-state index contributed by atoms with van der Waals surface area (Å²) < 4.78 is 31.6. The van der Waals surface area contributed by atoms with Gasteiger partial charge in [0.15, 0.2) is 0 Å². The van der Waals surface area contributed by atoms with Gasteiger partial charge in [0, 0.05) is 19.2 Å². The van der Waals surface area contributed by atoms with Gasteiger partial charge in [0.1, 0.15) is 11.6 Å². The highest BCUT2D eigenvalue weighted by atomic mass is 19.1. The standard InChI is InChI=1S/C15H23F2NO/c1-4-5-18-15(6-11(2)19-3)9-12-7-13(16)10-14(17)8-12/h7-8,10-11,15,18H,4-6,9H2,1-3H3. The number of ether oxygens (including phenoxy) is 1. The molecule has 0 aliphatic heterocycles. The molecule has 1 aromatic carbocycles. The van der Waals surface area contributed by atoms with Crippen molar-refractivity contribution in [2.45, 2.75) is 45.3 Å². The second-order valence-electron chi connectivity index (χ2n) is 4.91. The van der Waals surface area contributed by atoms with Crippen molar-refractivity contribution in [3.05, 3.63) is 35.4 Å². The zero-order valence-electron chi connectivity index (χ0n) is 11.9. The van der Waals surface area contributed by atoms with Crippen LogP contribution in [0.2, 0.25) is 0 Å². The molecule has 0 aliphatic carbocycles. The quantitative estimate of drug-likeness (QED) is 0.783. The number of benzene rings is 1. The summed E-state index contributed by atoms with van der Waals surface area (Å²) in [4.78, 5) is 0. The van der Waals surface area contributed by atoms with E-state index in [9.17, 15) is 8.78 Å². The molecule has 0 fully saturated rings. The molecule has 19 heavy (non-hydrogen) atoms. The number of methoxy groups -OCH3 is 1. The predicted molar refractivity (Wildman–Crippen MR) is 73.2 cm³/mol. The largest absolute Gasteiger partial charge is 0.382 e. The number of hydrogen-bond acceptors (Lipinski definition) is 2. The lowest BCUT2D eigenvalue weighted by Crippen LogP contribution is -2.35.